The third-order valence-corrected chi connectivity index (χ3v) is 5.42. The van der Waals surface area contributed by atoms with Crippen LogP contribution in [-0.2, 0) is 0 Å². The lowest BCUT2D eigenvalue weighted by atomic mass is 10.2. The first kappa shape index (κ1) is 20.0. The zero-order valence-electron chi connectivity index (χ0n) is 17.2. The van der Waals surface area contributed by atoms with Crippen LogP contribution in [0.3, 0.4) is 0 Å². The van der Waals surface area contributed by atoms with Crippen molar-refractivity contribution in [3.05, 3.63) is 66.0 Å². The van der Waals surface area contributed by atoms with E-state index in [1.165, 1.54) is 17.6 Å². The summed E-state index contributed by atoms with van der Waals surface area (Å²) in [5.74, 6) is -0.0532. The number of carbonyl (C=O) groups is 1. The van der Waals surface area contributed by atoms with Crippen LogP contribution in [0.2, 0.25) is 0 Å². The summed E-state index contributed by atoms with van der Waals surface area (Å²) in [5, 5.41) is 14.1. The fourth-order valence-corrected chi connectivity index (χ4v) is 3.71. The van der Waals surface area contributed by atoms with E-state index < -0.39 is 0 Å². The molecule has 3 aromatic rings. The maximum Gasteiger partial charge on any atom is 0.251 e. The smallest absolute Gasteiger partial charge is 0.251 e. The van der Waals surface area contributed by atoms with Gasteiger partial charge in [0.2, 0.25) is 0 Å². The Labute approximate surface area is 176 Å². The van der Waals surface area contributed by atoms with Crippen LogP contribution in [0.1, 0.15) is 22.3 Å². The van der Waals surface area contributed by atoms with Crippen molar-refractivity contribution < 1.29 is 4.79 Å². The fourth-order valence-electron chi connectivity index (χ4n) is 3.71. The summed E-state index contributed by atoms with van der Waals surface area (Å²) in [6.07, 6.45) is 2.47. The van der Waals surface area contributed by atoms with Crippen molar-refractivity contribution in [2.75, 3.05) is 44.2 Å². The topological polar surface area (TPSA) is 79.2 Å². The Kier molecular flexibility index (Phi) is 6.34. The predicted molar refractivity (Wildman–Crippen MR) is 116 cm³/mol. The molecule has 30 heavy (non-hydrogen) atoms. The highest BCUT2D eigenvalue weighted by Gasteiger charge is 2.17. The average molecular weight is 406 g/mol. The lowest BCUT2D eigenvalue weighted by molar-refractivity contribution is 0.0951. The van der Waals surface area contributed by atoms with Crippen LogP contribution in [0.4, 0.5) is 5.69 Å². The number of rotatable bonds is 7. The first-order chi connectivity index (χ1) is 14.7. The molecule has 2 heterocycles. The minimum absolute atomic E-state index is 0.0532. The highest BCUT2D eigenvalue weighted by atomic mass is 16.1. The van der Waals surface area contributed by atoms with Crippen molar-refractivity contribution in [1.29, 1.82) is 0 Å². The number of tetrazole rings is 1. The zero-order chi connectivity index (χ0) is 20.8. The van der Waals surface area contributed by atoms with E-state index in [1.807, 2.05) is 12.1 Å². The molecular weight excluding hydrogens is 378 g/mol. The molecule has 156 valence electrons. The molecule has 1 N–H and O–H groups in total. The number of aryl methyl sites for hydroxylation is 1. The number of piperazine rings is 1. The summed E-state index contributed by atoms with van der Waals surface area (Å²) in [4.78, 5) is 17.3. The van der Waals surface area contributed by atoms with Gasteiger partial charge < -0.3 is 10.2 Å². The summed E-state index contributed by atoms with van der Waals surface area (Å²) >= 11 is 0. The molecule has 1 aliphatic heterocycles. The van der Waals surface area contributed by atoms with E-state index in [-0.39, 0.29) is 5.91 Å². The number of amides is 1. The van der Waals surface area contributed by atoms with E-state index in [0.717, 1.165) is 44.8 Å². The molecule has 0 bridgehead atoms. The number of anilines is 1. The van der Waals surface area contributed by atoms with Gasteiger partial charge in [-0.2, -0.15) is 0 Å². The van der Waals surface area contributed by atoms with Crippen molar-refractivity contribution >= 4 is 11.6 Å². The van der Waals surface area contributed by atoms with Crippen LogP contribution >= 0.6 is 0 Å². The Balaban J connectivity index is 1.16. The predicted octanol–water partition coefficient (Wildman–Crippen LogP) is 1.91. The molecule has 1 aliphatic rings. The van der Waals surface area contributed by atoms with Gasteiger partial charge in [-0.15, -0.1) is 5.10 Å². The second-order valence-electron chi connectivity index (χ2n) is 7.58. The van der Waals surface area contributed by atoms with Crippen molar-refractivity contribution in [1.82, 2.24) is 30.4 Å². The van der Waals surface area contributed by atoms with E-state index in [0.29, 0.717) is 12.1 Å². The van der Waals surface area contributed by atoms with Gasteiger partial charge in [0.15, 0.2) is 0 Å². The number of benzene rings is 2. The normalized spacial score (nSPS) is 14.6. The molecule has 1 saturated heterocycles. The summed E-state index contributed by atoms with van der Waals surface area (Å²) < 4.78 is 1.56. The van der Waals surface area contributed by atoms with Gasteiger partial charge in [0.05, 0.1) is 5.69 Å². The molecule has 0 saturated carbocycles. The van der Waals surface area contributed by atoms with Gasteiger partial charge in [0.1, 0.15) is 6.33 Å². The lowest BCUT2D eigenvalue weighted by Gasteiger charge is -2.36. The monoisotopic (exact) mass is 405 g/mol. The third kappa shape index (κ3) is 5.01. The first-order valence-electron chi connectivity index (χ1n) is 10.3. The van der Waals surface area contributed by atoms with E-state index in [1.54, 1.807) is 16.8 Å². The second kappa shape index (κ2) is 9.49. The maximum atomic E-state index is 12.3. The zero-order valence-corrected chi connectivity index (χ0v) is 17.2. The minimum atomic E-state index is -0.0532. The van der Waals surface area contributed by atoms with Crippen LogP contribution in [0.15, 0.2) is 54.9 Å². The van der Waals surface area contributed by atoms with Crippen LogP contribution in [0.25, 0.3) is 5.69 Å². The maximum absolute atomic E-state index is 12.3. The number of carbonyl (C=O) groups excluding carboxylic acids is 1. The first-order valence-corrected chi connectivity index (χ1v) is 10.3. The van der Waals surface area contributed by atoms with Gasteiger partial charge in [-0.1, -0.05) is 12.1 Å². The Morgan fingerprint density at radius 3 is 2.53 bits per heavy atom. The molecule has 2 aromatic carbocycles. The Hall–Kier alpha value is -3.26. The van der Waals surface area contributed by atoms with E-state index in [2.05, 4.69) is 61.8 Å². The molecule has 8 heteroatoms. The van der Waals surface area contributed by atoms with Gasteiger partial charge in [-0.3, -0.25) is 9.69 Å². The number of nitrogens with zero attached hydrogens (tertiary/aromatic N) is 6. The fraction of sp³-hybridized carbons (Fsp3) is 0.364. The molecule has 0 spiro atoms. The highest BCUT2D eigenvalue weighted by Crippen LogP contribution is 2.17. The van der Waals surface area contributed by atoms with Gasteiger partial charge in [0.25, 0.3) is 5.91 Å². The van der Waals surface area contributed by atoms with Crippen LogP contribution in [-0.4, -0.2) is 70.3 Å². The lowest BCUT2D eigenvalue weighted by Crippen LogP contribution is -2.47. The summed E-state index contributed by atoms with van der Waals surface area (Å²) in [6.45, 7) is 8.01. The van der Waals surface area contributed by atoms with Crippen molar-refractivity contribution in [3.8, 4) is 5.69 Å². The molecular formula is C22H27N7O. The molecule has 0 aliphatic carbocycles. The van der Waals surface area contributed by atoms with Gasteiger partial charge in [-0.25, -0.2) is 4.68 Å². The molecule has 0 radical (unpaired) electrons. The number of hydrogen-bond acceptors (Lipinski definition) is 6. The second-order valence-corrected chi connectivity index (χ2v) is 7.58. The van der Waals surface area contributed by atoms with Gasteiger partial charge in [0, 0.05) is 44.0 Å². The molecule has 8 nitrogen and oxygen atoms in total. The van der Waals surface area contributed by atoms with Crippen molar-refractivity contribution in [3.63, 3.8) is 0 Å². The molecule has 0 atom stereocenters. The third-order valence-electron chi connectivity index (χ3n) is 5.42. The molecule has 4 rings (SSSR count). The van der Waals surface area contributed by atoms with E-state index in [9.17, 15) is 4.79 Å². The molecule has 1 aromatic heterocycles. The Morgan fingerprint density at radius 2 is 1.83 bits per heavy atom. The van der Waals surface area contributed by atoms with Gasteiger partial charge in [-0.05, 0) is 72.3 Å². The molecule has 1 amide bonds. The minimum Gasteiger partial charge on any atom is -0.369 e. The Morgan fingerprint density at radius 1 is 1.03 bits per heavy atom. The van der Waals surface area contributed by atoms with Crippen LogP contribution < -0.4 is 10.2 Å². The SMILES string of the molecule is Cc1cccc(N2CCN(CCCNC(=O)c3ccc(-n4cnnn4)cc3)CC2)c1. The van der Waals surface area contributed by atoms with Crippen LogP contribution in [0, 0.1) is 6.92 Å². The van der Waals surface area contributed by atoms with Gasteiger partial charge >= 0.3 is 0 Å². The van der Waals surface area contributed by atoms with Crippen LogP contribution in [0.5, 0.6) is 0 Å². The van der Waals surface area contributed by atoms with E-state index >= 15 is 0 Å². The summed E-state index contributed by atoms with van der Waals surface area (Å²) in [5.41, 5.74) is 4.07. The van der Waals surface area contributed by atoms with Crippen molar-refractivity contribution in [2.24, 2.45) is 0 Å². The van der Waals surface area contributed by atoms with E-state index in [4.69, 9.17) is 0 Å². The highest BCUT2D eigenvalue weighted by molar-refractivity contribution is 5.94. The number of hydrogen-bond donors (Lipinski definition) is 1. The van der Waals surface area contributed by atoms with Crippen molar-refractivity contribution in [2.45, 2.75) is 13.3 Å². The molecule has 0 unspecified atom stereocenters. The summed E-state index contributed by atoms with van der Waals surface area (Å²) in [7, 11) is 0. The Bertz CT molecular complexity index is 948. The number of aromatic nitrogens is 4. The standard InChI is InChI=1S/C22H27N7O/c1-18-4-2-5-21(16-18)28-14-12-27(13-15-28)11-3-10-23-22(30)19-6-8-20(9-7-19)29-17-24-25-26-29/h2,4-9,16-17H,3,10-15H2,1H3,(H,23,30). The quantitative estimate of drug-likeness (QED) is 0.605. The summed E-state index contributed by atoms with van der Waals surface area (Å²) in [6, 6.07) is 15.9. The largest absolute Gasteiger partial charge is 0.369 e. The average Bonchev–Trinajstić information content (AvgIpc) is 3.32. The number of nitrogens with one attached hydrogen (secondary N) is 1. The molecule has 1 fully saturated rings.